The molecule has 0 amide bonds. The molecule has 0 saturated carbocycles. The van der Waals surface area contributed by atoms with E-state index in [9.17, 15) is 9.90 Å². The van der Waals surface area contributed by atoms with Crippen LogP contribution in [0.2, 0.25) is 0 Å². The topological polar surface area (TPSA) is 62.7 Å². The van der Waals surface area contributed by atoms with Crippen molar-refractivity contribution in [2.45, 2.75) is 32.1 Å². The monoisotopic (exact) mass is 326 g/mol. The average Bonchev–Trinajstić information content (AvgIpc) is 2.61. The molecule has 1 saturated heterocycles. The van der Waals surface area contributed by atoms with Crippen LogP contribution in [0.1, 0.15) is 34.5 Å². The molecule has 1 N–H and O–H groups in total. The summed E-state index contributed by atoms with van der Waals surface area (Å²) in [7, 11) is 0. The van der Waals surface area contributed by atoms with Crippen LogP contribution in [-0.4, -0.2) is 40.2 Å². The normalized spacial score (nSPS) is 18.4. The van der Waals surface area contributed by atoms with Gasteiger partial charge in [-0.1, -0.05) is 24.3 Å². The van der Waals surface area contributed by atoms with Crippen LogP contribution in [0.3, 0.4) is 0 Å². The Morgan fingerprint density at radius 2 is 2.08 bits per heavy atom. The predicted molar refractivity (Wildman–Crippen MR) is 90.7 cm³/mol. The lowest BCUT2D eigenvalue weighted by Gasteiger charge is -2.32. The van der Waals surface area contributed by atoms with Crippen LogP contribution in [0.25, 0.3) is 0 Å². The van der Waals surface area contributed by atoms with Gasteiger partial charge >= 0.3 is 5.97 Å². The van der Waals surface area contributed by atoms with E-state index in [1.807, 2.05) is 30.3 Å². The molecule has 0 unspecified atom stereocenters. The second-order valence-electron chi connectivity index (χ2n) is 6.09. The summed E-state index contributed by atoms with van der Waals surface area (Å²) in [5.41, 5.74) is 2.18. The highest BCUT2D eigenvalue weighted by Crippen LogP contribution is 2.19. The lowest BCUT2D eigenvalue weighted by atomic mass is 10.0. The first-order valence-electron chi connectivity index (χ1n) is 8.27. The van der Waals surface area contributed by atoms with E-state index >= 15 is 0 Å². The van der Waals surface area contributed by atoms with Crippen LogP contribution in [0, 0.1) is 0 Å². The van der Waals surface area contributed by atoms with Crippen LogP contribution in [0.4, 0.5) is 0 Å². The van der Waals surface area contributed by atoms with Gasteiger partial charge in [0.15, 0.2) is 0 Å². The molecule has 5 heteroatoms. The summed E-state index contributed by atoms with van der Waals surface area (Å²) in [4.78, 5) is 17.9. The second kappa shape index (κ2) is 8.04. The molecular weight excluding hydrogens is 304 g/mol. The second-order valence-corrected chi connectivity index (χ2v) is 6.09. The van der Waals surface area contributed by atoms with E-state index in [2.05, 4.69) is 9.88 Å². The molecule has 1 aliphatic rings. The SMILES string of the molecule is O=C(O)c1ccccc1CN1CCC[C@@H](OCc2ccccn2)C1. The van der Waals surface area contributed by atoms with Crippen molar-refractivity contribution in [2.75, 3.05) is 13.1 Å². The number of carboxylic acids is 1. The fourth-order valence-corrected chi connectivity index (χ4v) is 3.09. The smallest absolute Gasteiger partial charge is 0.336 e. The molecule has 126 valence electrons. The Hall–Kier alpha value is -2.24. The molecular formula is C19H22N2O3. The highest BCUT2D eigenvalue weighted by atomic mass is 16.5. The van der Waals surface area contributed by atoms with Crippen molar-refractivity contribution in [1.82, 2.24) is 9.88 Å². The molecule has 3 rings (SSSR count). The quantitative estimate of drug-likeness (QED) is 0.884. The zero-order chi connectivity index (χ0) is 16.8. The molecule has 2 aromatic rings. The summed E-state index contributed by atoms with van der Waals surface area (Å²) in [5.74, 6) is -0.870. The fourth-order valence-electron chi connectivity index (χ4n) is 3.09. The maximum atomic E-state index is 11.3. The minimum atomic E-state index is -0.870. The number of nitrogens with zero attached hydrogens (tertiary/aromatic N) is 2. The molecule has 0 radical (unpaired) electrons. The number of hydrogen-bond donors (Lipinski definition) is 1. The Bertz CT molecular complexity index is 675. The van der Waals surface area contributed by atoms with Gasteiger partial charge in [-0.05, 0) is 43.1 Å². The number of rotatable bonds is 6. The van der Waals surface area contributed by atoms with Crippen molar-refractivity contribution in [3.05, 3.63) is 65.5 Å². The number of hydrogen-bond acceptors (Lipinski definition) is 4. The maximum absolute atomic E-state index is 11.3. The van der Waals surface area contributed by atoms with Crippen molar-refractivity contribution in [3.8, 4) is 0 Å². The molecule has 1 aromatic heterocycles. The number of ether oxygens (including phenoxy) is 1. The van der Waals surface area contributed by atoms with Gasteiger partial charge < -0.3 is 9.84 Å². The van der Waals surface area contributed by atoms with Gasteiger partial charge in [0.1, 0.15) is 0 Å². The zero-order valence-corrected chi connectivity index (χ0v) is 13.6. The third-order valence-electron chi connectivity index (χ3n) is 4.30. The lowest BCUT2D eigenvalue weighted by Crippen LogP contribution is -2.39. The van der Waals surface area contributed by atoms with Crippen molar-refractivity contribution in [1.29, 1.82) is 0 Å². The van der Waals surface area contributed by atoms with Gasteiger partial charge in [-0.25, -0.2) is 4.79 Å². The van der Waals surface area contributed by atoms with E-state index in [0.29, 0.717) is 18.7 Å². The molecule has 0 spiro atoms. The van der Waals surface area contributed by atoms with Crippen LogP contribution in [0.15, 0.2) is 48.7 Å². The summed E-state index contributed by atoms with van der Waals surface area (Å²) in [6, 6.07) is 13.0. The Morgan fingerprint density at radius 3 is 2.88 bits per heavy atom. The summed E-state index contributed by atoms with van der Waals surface area (Å²) in [6.07, 6.45) is 4.03. The molecule has 1 aliphatic heterocycles. The van der Waals surface area contributed by atoms with Crippen molar-refractivity contribution >= 4 is 5.97 Å². The summed E-state index contributed by atoms with van der Waals surface area (Å²) in [6.45, 7) is 2.95. The molecule has 5 nitrogen and oxygen atoms in total. The summed E-state index contributed by atoms with van der Waals surface area (Å²) >= 11 is 0. The van der Waals surface area contributed by atoms with Crippen LogP contribution in [0.5, 0.6) is 0 Å². The highest BCUT2D eigenvalue weighted by Gasteiger charge is 2.22. The summed E-state index contributed by atoms with van der Waals surface area (Å²) < 4.78 is 5.99. The van der Waals surface area contributed by atoms with E-state index in [4.69, 9.17) is 4.74 Å². The zero-order valence-electron chi connectivity index (χ0n) is 13.6. The van der Waals surface area contributed by atoms with Gasteiger partial charge in [-0.15, -0.1) is 0 Å². The number of pyridine rings is 1. The molecule has 2 heterocycles. The van der Waals surface area contributed by atoms with Crippen LogP contribution in [-0.2, 0) is 17.9 Å². The summed E-state index contributed by atoms with van der Waals surface area (Å²) in [5, 5.41) is 9.31. The van der Waals surface area contributed by atoms with Gasteiger partial charge in [0.25, 0.3) is 0 Å². The average molecular weight is 326 g/mol. The van der Waals surface area contributed by atoms with E-state index in [0.717, 1.165) is 37.2 Å². The van der Waals surface area contributed by atoms with E-state index in [1.165, 1.54) is 0 Å². The number of carboxylic acid groups (broad SMARTS) is 1. The maximum Gasteiger partial charge on any atom is 0.336 e. The predicted octanol–water partition coefficient (Wildman–Crippen LogP) is 2.96. The molecule has 1 atom stereocenters. The van der Waals surface area contributed by atoms with Gasteiger partial charge in [0.05, 0.1) is 24.0 Å². The Balaban J connectivity index is 1.57. The molecule has 24 heavy (non-hydrogen) atoms. The van der Waals surface area contributed by atoms with E-state index in [-0.39, 0.29) is 6.10 Å². The Kier molecular flexibility index (Phi) is 5.56. The Morgan fingerprint density at radius 1 is 1.25 bits per heavy atom. The van der Waals surface area contributed by atoms with Gasteiger partial charge in [0, 0.05) is 19.3 Å². The number of piperidine rings is 1. The number of carbonyl (C=O) groups is 1. The van der Waals surface area contributed by atoms with Gasteiger partial charge in [0.2, 0.25) is 0 Å². The number of benzene rings is 1. The van der Waals surface area contributed by atoms with E-state index < -0.39 is 5.97 Å². The largest absolute Gasteiger partial charge is 0.478 e. The van der Waals surface area contributed by atoms with Crippen molar-refractivity contribution in [2.24, 2.45) is 0 Å². The first-order chi connectivity index (χ1) is 11.7. The first kappa shape index (κ1) is 16.6. The van der Waals surface area contributed by atoms with E-state index in [1.54, 1.807) is 18.3 Å². The Labute approximate surface area is 141 Å². The molecule has 0 bridgehead atoms. The minimum Gasteiger partial charge on any atom is -0.478 e. The number of aromatic carboxylic acids is 1. The standard InChI is InChI=1S/C19H22N2O3/c22-19(23)18-9-2-1-6-15(18)12-21-11-5-8-17(13-21)24-14-16-7-3-4-10-20-16/h1-4,6-7,9-10,17H,5,8,11-14H2,(H,22,23)/t17-/m1/s1. The number of likely N-dealkylation sites (tertiary alicyclic amines) is 1. The minimum absolute atomic E-state index is 0.165. The van der Waals surface area contributed by atoms with Gasteiger partial charge in [-0.3, -0.25) is 9.88 Å². The van der Waals surface area contributed by atoms with Gasteiger partial charge in [-0.2, -0.15) is 0 Å². The third kappa shape index (κ3) is 4.40. The molecule has 1 aromatic carbocycles. The first-order valence-corrected chi connectivity index (χ1v) is 8.27. The lowest BCUT2D eigenvalue weighted by molar-refractivity contribution is -0.0133. The van der Waals surface area contributed by atoms with Crippen LogP contribution >= 0.6 is 0 Å². The fraction of sp³-hybridized carbons (Fsp3) is 0.368. The highest BCUT2D eigenvalue weighted by molar-refractivity contribution is 5.89. The van der Waals surface area contributed by atoms with Crippen molar-refractivity contribution < 1.29 is 14.6 Å². The third-order valence-corrected chi connectivity index (χ3v) is 4.30. The molecule has 0 aliphatic carbocycles. The molecule has 1 fully saturated rings. The van der Waals surface area contributed by atoms with Crippen LogP contribution < -0.4 is 0 Å². The van der Waals surface area contributed by atoms with Crippen molar-refractivity contribution in [3.63, 3.8) is 0 Å². The number of aromatic nitrogens is 1.